The van der Waals surface area contributed by atoms with Crippen molar-refractivity contribution in [3.05, 3.63) is 41.2 Å². The van der Waals surface area contributed by atoms with Crippen LogP contribution in [0, 0.1) is 5.92 Å². The van der Waals surface area contributed by atoms with Crippen LogP contribution < -0.4 is 5.73 Å². The summed E-state index contributed by atoms with van der Waals surface area (Å²) < 4.78 is 1.51. The molecule has 0 atom stereocenters. The highest BCUT2D eigenvalue weighted by Gasteiger charge is 2.27. The molecular weight excluding hydrogens is 318 g/mol. The molecule has 2 amide bonds. The number of nitrogens with two attached hydrogens (primary N) is 1. The first-order chi connectivity index (χ1) is 11.0. The molecule has 1 saturated heterocycles. The number of piperidine rings is 1. The summed E-state index contributed by atoms with van der Waals surface area (Å²) in [4.78, 5) is 25.3. The lowest BCUT2D eigenvalue weighted by Crippen LogP contribution is -2.41. The number of hydrogen-bond donors (Lipinski definition) is 1. The van der Waals surface area contributed by atoms with Gasteiger partial charge in [-0.1, -0.05) is 22.9 Å². The van der Waals surface area contributed by atoms with E-state index in [2.05, 4.69) is 10.3 Å². The Morgan fingerprint density at radius 3 is 2.65 bits per heavy atom. The van der Waals surface area contributed by atoms with Crippen LogP contribution in [0.1, 0.15) is 23.3 Å². The molecule has 1 aliphatic rings. The van der Waals surface area contributed by atoms with Gasteiger partial charge in [0.1, 0.15) is 0 Å². The van der Waals surface area contributed by atoms with Gasteiger partial charge >= 0.3 is 0 Å². The molecule has 1 fully saturated rings. The first kappa shape index (κ1) is 15.5. The van der Waals surface area contributed by atoms with Gasteiger partial charge in [-0.25, -0.2) is 4.68 Å². The van der Waals surface area contributed by atoms with E-state index in [-0.39, 0.29) is 23.4 Å². The molecule has 0 spiro atoms. The largest absolute Gasteiger partial charge is 0.369 e. The summed E-state index contributed by atoms with van der Waals surface area (Å²) in [6.45, 7) is 0.993. The normalized spacial score (nSPS) is 15.6. The lowest BCUT2D eigenvalue weighted by Gasteiger charge is -2.29. The number of likely N-dealkylation sites (tertiary alicyclic amines) is 1. The fourth-order valence-electron chi connectivity index (χ4n) is 2.64. The van der Waals surface area contributed by atoms with E-state index < -0.39 is 0 Å². The maximum absolute atomic E-state index is 12.5. The highest BCUT2D eigenvalue weighted by atomic mass is 35.5. The van der Waals surface area contributed by atoms with E-state index in [9.17, 15) is 9.59 Å². The van der Waals surface area contributed by atoms with E-state index in [1.54, 1.807) is 29.3 Å². The molecule has 0 bridgehead atoms. The zero-order chi connectivity index (χ0) is 16.4. The third-order valence-electron chi connectivity index (χ3n) is 3.97. The van der Waals surface area contributed by atoms with Crippen molar-refractivity contribution >= 4 is 23.4 Å². The third-order valence-corrected chi connectivity index (χ3v) is 4.20. The van der Waals surface area contributed by atoms with Gasteiger partial charge in [0.05, 0.1) is 11.9 Å². The second-order valence-corrected chi connectivity index (χ2v) is 5.93. The van der Waals surface area contributed by atoms with E-state index in [0.29, 0.717) is 31.0 Å². The molecule has 23 heavy (non-hydrogen) atoms. The summed E-state index contributed by atoms with van der Waals surface area (Å²) in [7, 11) is 0. The van der Waals surface area contributed by atoms with Crippen molar-refractivity contribution < 1.29 is 9.59 Å². The molecule has 1 aromatic carbocycles. The van der Waals surface area contributed by atoms with E-state index in [1.807, 2.05) is 6.07 Å². The number of nitrogens with zero attached hydrogens (tertiary/aromatic N) is 4. The van der Waals surface area contributed by atoms with E-state index in [4.69, 9.17) is 17.3 Å². The van der Waals surface area contributed by atoms with Gasteiger partial charge in [0.25, 0.3) is 5.91 Å². The second kappa shape index (κ2) is 6.37. The number of rotatable bonds is 3. The average Bonchev–Trinajstić information content (AvgIpc) is 3.04. The van der Waals surface area contributed by atoms with Gasteiger partial charge in [0.2, 0.25) is 5.91 Å². The minimum absolute atomic E-state index is 0.152. The van der Waals surface area contributed by atoms with Crippen molar-refractivity contribution in [3.63, 3.8) is 0 Å². The van der Waals surface area contributed by atoms with Crippen molar-refractivity contribution in [3.8, 4) is 5.69 Å². The molecule has 0 saturated carbocycles. The molecular formula is C15H16ClN5O2. The van der Waals surface area contributed by atoms with Gasteiger partial charge in [0, 0.05) is 24.0 Å². The molecule has 120 valence electrons. The summed E-state index contributed by atoms with van der Waals surface area (Å²) in [5, 5.41) is 8.49. The fraction of sp³-hybridized carbons (Fsp3) is 0.333. The zero-order valence-corrected chi connectivity index (χ0v) is 13.1. The Morgan fingerprint density at radius 1 is 1.26 bits per heavy atom. The molecule has 0 unspecified atom stereocenters. The minimum atomic E-state index is -0.302. The van der Waals surface area contributed by atoms with Gasteiger partial charge in [-0.05, 0) is 31.0 Å². The number of hydrogen-bond acceptors (Lipinski definition) is 4. The quantitative estimate of drug-likeness (QED) is 0.914. The van der Waals surface area contributed by atoms with Crippen molar-refractivity contribution in [2.45, 2.75) is 12.8 Å². The fourth-order valence-corrected chi connectivity index (χ4v) is 2.82. The monoisotopic (exact) mass is 333 g/mol. The SMILES string of the molecule is NC(=O)C1CCN(C(=O)c2cn(-c3cccc(Cl)c3)nn2)CC1. The number of primary amides is 1. The van der Waals surface area contributed by atoms with E-state index >= 15 is 0 Å². The van der Waals surface area contributed by atoms with Crippen molar-refractivity contribution in [1.29, 1.82) is 0 Å². The number of carbonyl (C=O) groups is 2. The molecule has 7 nitrogen and oxygen atoms in total. The van der Waals surface area contributed by atoms with Crippen molar-refractivity contribution in [2.75, 3.05) is 13.1 Å². The Labute approximate surface area is 138 Å². The summed E-state index contributed by atoms with van der Waals surface area (Å²) in [5.41, 5.74) is 6.30. The molecule has 3 rings (SSSR count). The van der Waals surface area contributed by atoms with Gasteiger partial charge in [-0.2, -0.15) is 0 Å². The molecule has 8 heteroatoms. The van der Waals surface area contributed by atoms with E-state index in [1.165, 1.54) is 4.68 Å². The topological polar surface area (TPSA) is 94.1 Å². The highest BCUT2D eigenvalue weighted by molar-refractivity contribution is 6.30. The van der Waals surface area contributed by atoms with Crippen LogP contribution >= 0.6 is 11.6 Å². The Morgan fingerprint density at radius 2 is 2.00 bits per heavy atom. The minimum Gasteiger partial charge on any atom is -0.369 e. The Hall–Kier alpha value is -2.41. The van der Waals surface area contributed by atoms with Gasteiger partial charge in [0.15, 0.2) is 5.69 Å². The molecule has 2 heterocycles. The van der Waals surface area contributed by atoms with Crippen LogP contribution in [0.4, 0.5) is 0 Å². The van der Waals surface area contributed by atoms with Crippen LogP contribution in [-0.4, -0.2) is 44.8 Å². The van der Waals surface area contributed by atoms with Crippen LogP contribution in [0.3, 0.4) is 0 Å². The highest BCUT2D eigenvalue weighted by Crippen LogP contribution is 2.19. The molecule has 1 aromatic heterocycles. The maximum atomic E-state index is 12.5. The first-order valence-electron chi connectivity index (χ1n) is 7.31. The van der Waals surface area contributed by atoms with Crippen molar-refractivity contribution in [2.24, 2.45) is 11.7 Å². The van der Waals surface area contributed by atoms with Crippen LogP contribution in [-0.2, 0) is 4.79 Å². The lowest BCUT2D eigenvalue weighted by atomic mass is 9.96. The number of halogens is 1. The molecule has 0 aliphatic carbocycles. The summed E-state index contributed by atoms with van der Waals surface area (Å²) in [5.74, 6) is -0.647. The van der Waals surface area contributed by atoms with Gasteiger partial charge < -0.3 is 10.6 Å². The van der Waals surface area contributed by atoms with Crippen LogP contribution in [0.25, 0.3) is 5.69 Å². The Bertz CT molecular complexity index is 737. The first-order valence-corrected chi connectivity index (χ1v) is 7.69. The standard InChI is InChI=1S/C15H16ClN5O2/c16-11-2-1-3-12(8-11)21-9-13(18-19-21)15(23)20-6-4-10(5-7-20)14(17)22/h1-3,8-10H,4-7H2,(H2,17,22). The average molecular weight is 334 g/mol. The van der Waals surface area contributed by atoms with E-state index in [0.717, 1.165) is 5.69 Å². The lowest BCUT2D eigenvalue weighted by molar-refractivity contribution is -0.123. The number of carbonyl (C=O) groups excluding carboxylic acids is 2. The predicted molar refractivity (Wildman–Crippen MR) is 84.2 cm³/mol. The third kappa shape index (κ3) is 3.34. The number of benzene rings is 1. The maximum Gasteiger partial charge on any atom is 0.276 e. The summed E-state index contributed by atoms with van der Waals surface area (Å²) in [6, 6.07) is 7.13. The number of amides is 2. The molecule has 2 aromatic rings. The second-order valence-electron chi connectivity index (χ2n) is 5.50. The van der Waals surface area contributed by atoms with Gasteiger partial charge in [-0.3, -0.25) is 9.59 Å². The van der Waals surface area contributed by atoms with Crippen LogP contribution in [0.2, 0.25) is 5.02 Å². The number of aromatic nitrogens is 3. The van der Waals surface area contributed by atoms with Crippen molar-refractivity contribution in [1.82, 2.24) is 19.9 Å². The van der Waals surface area contributed by atoms with Gasteiger partial charge in [-0.15, -0.1) is 5.10 Å². The summed E-state index contributed by atoms with van der Waals surface area (Å²) in [6.07, 6.45) is 2.75. The molecule has 1 aliphatic heterocycles. The summed E-state index contributed by atoms with van der Waals surface area (Å²) >= 11 is 5.95. The van der Waals surface area contributed by atoms with Crippen LogP contribution in [0.15, 0.2) is 30.5 Å². The smallest absolute Gasteiger partial charge is 0.276 e. The van der Waals surface area contributed by atoms with Crippen LogP contribution in [0.5, 0.6) is 0 Å². The Kier molecular flexibility index (Phi) is 4.29. The molecule has 2 N–H and O–H groups in total. The zero-order valence-electron chi connectivity index (χ0n) is 12.4. The Balaban J connectivity index is 1.71. The predicted octanol–water partition coefficient (Wildman–Crippen LogP) is 1.26. The molecule has 0 radical (unpaired) electrons.